The summed E-state index contributed by atoms with van der Waals surface area (Å²) < 4.78 is 5.39. The van der Waals surface area contributed by atoms with Gasteiger partial charge in [0.05, 0.1) is 36.8 Å². The third-order valence-electron chi connectivity index (χ3n) is 7.45. The Morgan fingerprint density at radius 3 is 2.47 bits per heavy atom. The van der Waals surface area contributed by atoms with Crippen molar-refractivity contribution in [3.05, 3.63) is 95.1 Å². The molecule has 0 fully saturated rings. The zero-order valence-electron chi connectivity index (χ0n) is 22.9. The summed E-state index contributed by atoms with van der Waals surface area (Å²) in [5, 5.41) is 6.60. The van der Waals surface area contributed by atoms with Gasteiger partial charge >= 0.3 is 0 Å². The molecule has 1 aliphatic carbocycles. The molecule has 0 spiro atoms. The van der Waals surface area contributed by atoms with E-state index in [1.54, 1.807) is 12.3 Å². The maximum atomic E-state index is 13.8. The molecule has 6 heteroatoms. The minimum absolute atomic E-state index is 0.0106. The molecule has 2 aromatic carbocycles. The molecule has 1 unspecified atom stereocenters. The number of fused-ring (bicyclic) bond motifs is 1. The average Bonchev–Trinajstić information content (AvgIpc) is 3.33. The zero-order chi connectivity index (χ0) is 27.1. The lowest BCUT2D eigenvalue weighted by atomic mass is 9.73. The molecule has 0 saturated heterocycles. The van der Waals surface area contributed by atoms with Crippen LogP contribution in [0.4, 0.5) is 11.4 Å². The first-order valence-electron chi connectivity index (χ1n) is 13.3. The highest BCUT2D eigenvalue weighted by molar-refractivity contribution is 6.01. The molecule has 1 aliphatic heterocycles. The second-order valence-corrected chi connectivity index (χ2v) is 12.2. The molecule has 6 nitrogen and oxygen atoms in total. The number of carbonyl (C=O) groups is 2. The van der Waals surface area contributed by atoms with Gasteiger partial charge in [-0.1, -0.05) is 71.0 Å². The smallest absolute Gasteiger partial charge is 0.239 e. The highest BCUT2D eigenvalue weighted by Crippen LogP contribution is 2.48. The molecule has 0 bridgehead atoms. The molecule has 198 valence electrons. The second kappa shape index (κ2) is 9.82. The number of amides is 1. The number of allylic oxidation sites excluding steroid dienone is 1. The van der Waals surface area contributed by atoms with E-state index in [2.05, 4.69) is 74.4 Å². The fourth-order valence-electron chi connectivity index (χ4n) is 5.55. The summed E-state index contributed by atoms with van der Waals surface area (Å²) in [6, 6.07) is 19.8. The van der Waals surface area contributed by atoms with Crippen LogP contribution in [-0.4, -0.2) is 18.2 Å². The lowest BCUT2D eigenvalue weighted by molar-refractivity contribution is -0.121. The Balaban J connectivity index is 1.61. The van der Waals surface area contributed by atoms with Crippen LogP contribution in [0.25, 0.3) is 0 Å². The van der Waals surface area contributed by atoms with E-state index in [-0.39, 0.29) is 29.1 Å². The monoisotopic (exact) mass is 511 g/mol. The van der Waals surface area contributed by atoms with Crippen LogP contribution in [-0.2, 0) is 21.5 Å². The number of nitrogens with zero attached hydrogens (tertiary/aromatic N) is 1. The third kappa shape index (κ3) is 5.26. The first-order valence-corrected chi connectivity index (χ1v) is 13.3. The Labute approximate surface area is 225 Å². The Bertz CT molecular complexity index is 1360. The van der Waals surface area contributed by atoms with Gasteiger partial charge in [-0.15, -0.1) is 0 Å². The lowest BCUT2D eigenvalue weighted by Crippen LogP contribution is -2.41. The molecule has 1 aromatic heterocycles. The van der Waals surface area contributed by atoms with Crippen molar-refractivity contribution >= 4 is 23.1 Å². The number of ketones is 1. The van der Waals surface area contributed by atoms with E-state index in [4.69, 9.17) is 4.42 Å². The quantitative estimate of drug-likeness (QED) is 0.408. The molecule has 5 rings (SSSR count). The molecule has 2 aliphatic rings. The van der Waals surface area contributed by atoms with E-state index >= 15 is 0 Å². The fourth-order valence-corrected chi connectivity index (χ4v) is 5.55. The van der Waals surface area contributed by atoms with Crippen molar-refractivity contribution in [2.75, 3.05) is 16.8 Å². The summed E-state index contributed by atoms with van der Waals surface area (Å²) in [6.45, 7) is 11.3. The number of nitrogens with one attached hydrogen (secondary N) is 2. The van der Waals surface area contributed by atoms with E-state index < -0.39 is 6.04 Å². The van der Waals surface area contributed by atoms with Crippen molar-refractivity contribution in [1.29, 1.82) is 0 Å². The van der Waals surface area contributed by atoms with Gasteiger partial charge in [-0.3, -0.25) is 9.59 Å². The number of carbonyl (C=O) groups excluding carboxylic acids is 2. The number of rotatable bonds is 5. The molecular formula is C32H37N3O3. The lowest BCUT2D eigenvalue weighted by Gasteiger charge is -2.38. The topological polar surface area (TPSA) is 74.6 Å². The molecule has 38 heavy (non-hydrogen) atoms. The van der Waals surface area contributed by atoms with Crippen LogP contribution < -0.4 is 15.5 Å². The maximum absolute atomic E-state index is 13.8. The van der Waals surface area contributed by atoms with Crippen molar-refractivity contribution in [2.24, 2.45) is 5.41 Å². The van der Waals surface area contributed by atoms with Gasteiger partial charge < -0.3 is 20.0 Å². The molecular weight excluding hydrogens is 474 g/mol. The fraction of sp³-hybridized carbons (Fsp3) is 0.375. The largest absolute Gasteiger partial charge is 0.467 e. The number of furan rings is 1. The highest BCUT2D eigenvalue weighted by Gasteiger charge is 2.42. The number of hydrogen-bond donors (Lipinski definition) is 2. The standard InChI is InChI=1S/C32H37N3O3/c1-31(2,3)22-14-12-21(13-15-22)30-29-25(17-32(4,5)18-27(29)36)34-24-10-6-7-11-26(24)35(30)20-28(37)33-19-23-9-8-16-38-23/h6-16,30,34H,17-20H2,1-5H3,(H,33,37). The number of benzene rings is 2. The van der Waals surface area contributed by atoms with Gasteiger partial charge in [0.25, 0.3) is 0 Å². The Morgan fingerprint density at radius 2 is 1.79 bits per heavy atom. The van der Waals surface area contributed by atoms with Crippen molar-refractivity contribution in [1.82, 2.24) is 5.32 Å². The minimum atomic E-state index is -0.395. The van der Waals surface area contributed by atoms with Crippen LogP contribution in [0, 0.1) is 5.41 Å². The van der Waals surface area contributed by atoms with Crippen molar-refractivity contribution in [2.45, 2.75) is 65.5 Å². The zero-order valence-corrected chi connectivity index (χ0v) is 22.9. The predicted octanol–water partition coefficient (Wildman–Crippen LogP) is 6.51. The number of hydrogen-bond acceptors (Lipinski definition) is 5. The van der Waals surface area contributed by atoms with Crippen LogP contribution in [0.5, 0.6) is 0 Å². The van der Waals surface area contributed by atoms with Crippen molar-refractivity contribution in [3.63, 3.8) is 0 Å². The van der Waals surface area contributed by atoms with Crippen LogP contribution in [0.1, 0.15) is 70.4 Å². The van der Waals surface area contributed by atoms with Gasteiger partial charge in [-0.05, 0) is 52.6 Å². The van der Waals surface area contributed by atoms with E-state index in [0.29, 0.717) is 18.7 Å². The SMILES string of the molecule is CC1(C)CC(=O)C2=C(C1)Nc1ccccc1N(CC(=O)NCc1ccco1)C2c1ccc(C(C)(C)C)cc1. The second-order valence-electron chi connectivity index (χ2n) is 12.2. The van der Waals surface area contributed by atoms with Gasteiger partial charge in [0.15, 0.2) is 5.78 Å². The average molecular weight is 512 g/mol. The van der Waals surface area contributed by atoms with Crippen molar-refractivity contribution < 1.29 is 14.0 Å². The highest BCUT2D eigenvalue weighted by atomic mass is 16.3. The Morgan fingerprint density at radius 1 is 1.05 bits per heavy atom. The summed E-state index contributed by atoms with van der Waals surface area (Å²) in [7, 11) is 0. The van der Waals surface area contributed by atoms with Crippen LogP contribution in [0.3, 0.4) is 0 Å². The minimum Gasteiger partial charge on any atom is -0.467 e. The molecule has 2 heterocycles. The number of para-hydroxylation sites is 2. The molecule has 1 amide bonds. The van der Waals surface area contributed by atoms with Crippen LogP contribution >= 0.6 is 0 Å². The summed E-state index contributed by atoms with van der Waals surface area (Å²) in [5.41, 5.74) is 5.58. The first-order chi connectivity index (χ1) is 18.0. The van der Waals surface area contributed by atoms with E-state index in [1.165, 1.54) is 5.56 Å². The van der Waals surface area contributed by atoms with Crippen molar-refractivity contribution in [3.8, 4) is 0 Å². The normalized spacial score (nSPS) is 18.8. The summed E-state index contributed by atoms with van der Waals surface area (Å²) in [5.74, 6) is 0.683. The van der Waals surface area contributed by atoms with Gasteiger partial charge in [0.2, 0.25) is 5.91 Å². The first kappa shape index (κ1) is 25.8. The Kier molecular flexibility index (Phi) is 6.68. The number of anilines is 2. The van der Waals surface area contributed by atoms with E-state index in [0.717, 1.165) is 34.6 Å². The van der Waals surface area contributed by atoms with E-state index in [1.807, 2.05) is 30.3 Å². The summed E-state index contributed by atoms with van der Waals surface area (Å²) in [6.07, 6.45) is 2.83. The van der Waals surface area contributed by atoms with Gasteiger partial charge in [-0.25, -0.2) is 0 Å². The number of Topliss-reactive ketones (excluding diaryl/α,β-unsaturated/α-hetero) is 1. The Hall–Kier alpha value is -3.80. The molecule has 1 atom stereocenters. The maximum Gasteiger partial charge on any atom is 0.239 e. The predicted molar refractivity (Wildman–Crippen MR) is 151 cm³/mol. The summed E-state index contributed by atoms with van der Waals surface area (Å²) in [4.78, 5) is 29.2. The molecule has 0 radical (unpaired) electrons. The summed E-state index contributed by atoms with van der Waals surface area (Å²) >= 11 is 0. The molecule has 3 aromatic rings. The molecule has 0 saturated carbocycles. The van der Waals surface area contributed by atoms with Gasteiger partial charge in [0.1, 0.15) is 5.76 Å². The van der Waals surface area contributed by atoms with Crippen LogP contribution in [0.2, 0.25) is 0 Å². The van der Waals surface area contributed by atoms with Crippen LogP contribution in [0.15, 0.2) is 82.6 Å². The molecule has 2 N–H and O–H groups in total. The van der Waals surface area contributed by atoms with Gasteiger partial charge in [0, 0.05) is 17.7 Å². The third-order valence-corrected chi connectivity index (χ3v) is 7.45. The van der Waals surface area contributed by atoms with Gasteiger partial charge in [-0.2, -0.15) is 0 Å². The van der Waals surface area contributed by atoms with E-state index in [9.17, 15) is 9.59 Å².